The van der Waals surface area contributed by atoms with E-state index in [4.69, 9.17) is 5.73 Å². The first-order chi connectivity index (χ1) is 6.70. The van der Waals surface area contributed by atoms with E-state index in [1.54, 1.807) is 0 Å². The van der Waals surface area contributed by atoms with Gasteiger partial charge in [-0.1, -0.05) is 30.3 Å². The molecule has 1 saturated heterocycles. The van der Waals surface area contributed by atoms with Crippen LogP contribution in [0.4, 0.5) is 0 Å². The minimum atomic E-state index is -0.215. The van der Waals surface area contributed by atoms with Crippen LogP contribution in [0.5, 0.6) is 0 Å². The van der Waals surface area contributed by atoms with E-state index in [9.17, 15) is 4.79 Å². The van der Waals surface area contributed by atoms with Gasteiger partial charge in [-0.05, 0) is 12.5 Å². The lowest BCUT2D eigenvalue weighted by Crippen LogP contribution is -2.22. The molecule has 0 spiro atoms. The molecular weight excluding hydrogens is 176 g/mol. The maximum absolute atomic E-state index is 10.9. The Morgan fingerprint density at radius 2 is 2.14 bits per heavy atom. The predicted molar refractivity (Wildman–Crippen MR) is 54.5 cm³/mol. The van der Waals surface area contributed by atoms with Crippen molar-refractivity contribution in [1.29, 1.82) is 0 Å². The van der Waals surface area contributed by atoms with Crippen LogP contribution in [0.3, 0.4) is 0 Å². The van der Waals surface area contributed by atoms with Crippen molar-refractivity contribution in [3.63, 3.8) is 0 Å². The average Bonchev–Trinajstić information content (AvgIpc) is 2.97. The molecule has 2 N–H and O–H groups in total. The molecule has 1 heterocycles. The molecule has 1 aromatic rings. The summed E-state index contributed by atoms with van der Waals surface area (Å²) >= 11 is 0. The quantitative estimate of drug-likeness (QED) is 0.720. The van der Waals surface area contributed by atoms with Gasteiger partial charge in [-0.15, -0.1) is 0 Å². The zero-order chi connectivity index (χ0) is 10.1. The van der Waals surface area contributed by atoms with E-state index < -0.39 is 0 Å². The molecule has 3 nitrogen and oxygen atoms in total. The van der Waals surface area contributed by atoms with Crippen molar-refractivity contribution in [1.82, 2.24) is 4.90 Å². The first-order valence-corrected chi connectivity index (χ1v) is 4.80. The lowest BCUT2D eigenvalue weighted by Gasteiger charge is -2.13. The van der Waals surface area contributed by atoms with Crippen molar-refractivity contribution < 1.29 is 4.79 Å². The average molecular weight is 190 g/mol. The number of nitrogens with zero attached hydrogens (tertiary/aromatic N) is 1. The summed E-state index contributed by atoms with van der Waals surface area (Å²) in [6, 6.07) is 10.4. The van der Waals surface area contributed by atoms with E-state index in [0.717, 1.165) is 6.54 Å². The van der Waals surface area contributed by atoms with E-state index in [1.807, 2.05) is 18.2 Å². The van der Waals surface area contributed by atoms with Crippen molar-refractivity contribution in [3.8, 4) is 0 Å². The Kier molecular flexibility index (Phi) is 2.25. The van der Waals surface area contributed by atoms with Gasteiger partial charge in [0.1, 0.15) is 6.04 Å². The van der Waals surface area contributed by atoms with Crippen LogP contribution in [-0.4, -0.2) is 23.4 Å². The molecular formula is C11H14N2O. The maximum Gasteiger partial charge on any atom is 0.236 e. The van der Waals surface area contributed by atoms with Crippen molar-refractivity contribution in [2.75, 3.05) is 6.54 Å². The second kappa shape index (κ2) is 3.42. The number of benzene rings is 1. The highest BCUT2D eigenvalue weighted by Crippen LogP contribution is 2.31. The van der Waals surface area contributed by atoms with Crippen molar-refractivity contribution in [2.24, 2.45) is 5.73 Å². The summed E-state index contributed by atoms with van der Waals surface area (Å²) in [5.74, 6) is -0.215. The lowest BCUT2D eigenvalue weighted by atomic mass is 10.1. The minimum absolute atomic E-state index is 0.0507. The van der Waals surface area contributed by atoms with Crippen LogP contribution in [-0.2, 0) is 4.79 Å². The summed E-state index contributed by atoms with van der Waals surface area (Å²) in [5.41, 5.74) is 6.46. The third-order valence-electron chi connectivity index (χ3n) is 2.76. The summed E-state index contributed by atoms with van der Waals surface area (Å²) in [6.45, 7) is 2.89. The van der Waals surface area contributed by atoms with Gasteiger partial charge in [-0.25, -0.2) is 0 Å². The number of rotatable bonds is 3. The molecule has 1 amide bonds. The Balaban J connectivity index is 2.05. The van der Waals surface area contributed by atoms with Gasteiger partial charge in [-0.2, -0.15) is 0 Å². The number of carbonyl (C=O) groups excluding carboxylic acids is 1. The highest BCUT2D eigenvalue weighted by molar-refractivity contribution is 5.83. The van der Waals surface area contributed by atoms with Gasteiger partial charge >= 0.3 is 0 Å². The number of primary amides is 1. The van der Waals surface area contributed by atoms with Gasteiger partial charge in [-0.3, -0.25) is 9.69 Å². The van der Waals surface area contributed by atoms with Crippen LogP contribution < -0.4 is 5.73 Å². The Hall–Kier alpha value is -1.35. The molecule has 1 aromatic carbocycles. The molecule has 2 rings (SSSR count). The normalized spacial score (nSPS) is 26.9. The number of hydrogen-bond donors (Lipinski definition) is 1. The number of nitrogens with two attached hydrogens (primary N) is 1. The Morgan fingerprint density at radius 3 is 2.64 bits per heavy atom. The van der Waals surface area contributed by atoms with Gasteiger partial charge < -0.3 is 5.73 Å². The van der Waals surface area contributed by atoms with Gasteiger partial charge in [0.15, 0.2) is 0 Å². The van der Waals surface area contributed by atoms with E-state index in [-0.39, 0.29) is 18.0 Å². The Morgan fingerprint density at radius 1 is 1.50 bits per heavy atom. The summed E-state index contributed by atoms with van der Waals surface area (Å²) in [7, 11) is 0. The Bertz CT molecular complexity index is 336. The summed E-state index contributed by atoms with van der Waals surface area (Å²) in [6.07, 6.45) is 0. The first kappa shape index (κ1) is 9.21. The van der Waals surface area contributed by atoms with Gasteiger partial charge in [0, 0.05) is 12.6 Å². The maximum atomic E-state index is 10.9. The first-order valence-electron chi connectivity index (χ1n) is 4.80. The summed E-state index contributed by atoms with van der Waals surface area (Å²) in [4.78, 5) is 13.0. The highest BCUT2D eigenvalue weighted by atomic mass is 16.1. The largest absolute Gasteiger partial charge is 0.368 e. The van der Waals surface area contributed by atoms with Gasteiger partial charge in [0.2, 0.25) is 5.91 Å². The smallest absolute Gasteiger partial charge is 0.236 e. The van der Waals surface area contributed by atoms with Crippen LogP contribution in [0, 0.1) is 0 Å². The van der Waals surface area contributed by atoms with E-state index in [2.05, 4.69) is 24.0 Å². The fourth-order valence-corrected chi connectivity index (χ4v) is 1.76. The molecule has 1 aliphatic heterocycles. The summed E-state index contributed by atoms with van der Waals surface area (Å²) < 4.78 is 0. The molecule has 3 atom stereocenters. The van der Waals surface area contributed by atoms with Gasteiger partial charge in [0.05, 0.1) is 0 Å². The van der Waals surface area contributed by atoms with Crippen molar-refractivity contribution in [2.45, 2.75) is 19.0 Å². The minimum Gasteiger partial charge on any atom is -0.368 e. The number of amides is 1. The monoisotopic (exact) mass is 190 g/mol. The Labute approximate surface area is 83.5 Å². The van der Waals surface area contributed by atoms with Crippen molar-refractivity contribution in [3.05, 3.63) is 35.9 Å². The second-order valence-corrected chi connectivity index (χ2v) is 3.70. The lowest BCUT2D eigenvalue weighted by molar-refractivity contribution is -0.118. The van der Waals surface area contributed by atoms with Gasteiger partial charge in [0.25, 0.3) is 0 Å². The van der Waals surface area contributed by atoms with Crippen molar-refractivity contribution >= 4 is 5.91 Å². The summed E-state index contributed by atoms with van der Waals surface area (Å²) in [5, 5.41) is 0. The topological polar surface area (TPSA) is 46.1 Å². The van der Waals surface area contributed by atoms with Crippen LogP contribution in [0.15, 0.2) is 30.3 Å². The predicted octanol–water partition coefficient (Wildman–Crippen LogP) is 0.917. The van der Waals surface area contributed by atoms with Crippen LogP contribution in [0.1, 0.15) is 18.5 Å². The SMILES string of the molecule is CC(c1ccccc1)N1C[C@@H]1C(N)=O. The molecule has 0 radical (unpaired) electrons. The molecule has 0 saturated carbocycles. The molecule has 0 aliphatic carbocycles. The molecule has 1 aliphatic rings. The van der Waals surface area contributed by atoms with E-state index in [0.29, 0.717) is 0 Å². The molecule has 0 aromatic heterocycles. The molecule has 74 valence electrons. The van der Waals surface area contributed by atoms with Crippen LogP contribution in [0.25, 0.3) is 0 Å². The van der Waals surface area contributed by atoms with E-state index in [1.165, 1.54) is 5.56 Å². The molecule has 0 bridgehead atoms. The standard InChI is InChI=1S/C11H14N2O/c1-8(9-5-3-2-4-6-9)13-7-10(13)11(12)14/h2-6,8,10H,7H2,1H3,(H2,12,14)/t8?,10-,13?/m1/s1. The highest BCUT2D eigenvalue weighted by Gasteiger charge is 2.42. The number of carbonyl (C=O) groups is 1. The zero-order valence-electron chi connectivity index (χ0n) is 8.18. The second-order valence-electron chi connectivity index (χ2n) is 3.70. The third-order valence-corrected chi connectivity index (χ3v) is 2.76. The molecule has 1 fully saturated rings. The fraction of sp³-hybridized carbons (Fsp3) is 0.364. The van der Waals surface area contributed by atoms with Crippen LogP contribution >= 0.6 is 0 Å². The van der Waals surface area contributed by atoms with Crippen LogP contribution in [0.2, 0.25) is 0 Å². The number of hydrogen-bond acceptors (Lipinski definition) is 2. The molecule has 3 heteroatoms. The zero-order valence-corrected chi connectivity index (χ0v) is 8.18. The third kappa shape index (κ3) is 1.63. The fourth-order valence-electron chi connectivity index (χ4n) is 1.76. The molecule has 14 heavy (non-hydrogen) atoms. The molecule has 2 unspecified atom stereocenters. The van der Waals surface area contributed by atoms with E-state index >= 15 is 0 Å².